The summed E-state index contributed by atoms with van der Waals surface area (Å²) in [5.74, 6) is 0.808. The maximum absolute atomic E-state index is 6.15. The van der Waals surface area contributed by atoms with E-state index in [1.54, 1.807) is 0 Å². The zero-order valence-corrected chi connectivity index (χ0v) is 14.4. The number of ether oxygens (including phenoxy) is 1. The van der Waals surface area contributed by atoms with Crippen LogP contribution in [0.1, 0.15) is 11.7 Å². The third kappa shape index (κ3) is 3.04. The maximum Gasteiger partial charge on any atom is 0.157 e. The second kappa shape index (κ2) is 6.81. The van der Waals surface area contributed by atoms with Gasteiger partial charge in [0, 0.05) is 24.6 Å². The summed E-state index contributed by atoms with van der Waals surface area (Å²) in [7, 11) is 1.82. The minimum absolute atomic E-state index is 0.0113. The average molecular weight is 384 g/mol. The number of rotatable bonds is 3. The molecule has 0 amide bonds. The molecule has 1 aromatic carbocycles. The molecular formula is C15H16BrClN4O. The van der Waals surface area contributed by atoms with Crippen molar-refractivity contribution in [3.8, 4) is 0 Å². The Hall–Kier alpha value is -1.37. The van der Waals surface area contributed by atoms with E-state index in [9.17, 15) is 0 Å². The van der Waals surface area contributed by atoms with Crippen molar-refractivity contribution in [2.24, 2.45) is 0 Å². The van der Waals surface area contributed by atoms with Crippen LogP contribution in [0.2, 0.25) is 5.15 Å². The number of hydrogen-bond acceptors (Lipinski definition) is 5. The van der Waals surface area contributed by atoms with Crippen LogP contribution in [0.25, 0.3) is 0 Å². The molecule has 0 saturated carbocycles. The van der Waals surface area contributed by atoms with Crippen molar-refractivity contribution in [3.63, 3.8) is 0 Å². The minimum Gasteiger partial charge on any atom is -0.383 e. The van der Waals surface area contributed by atoms with E-state index in [2.05, 4.69) is 42.2 Å². The highest BCUT2D eigenvalue weighted by atomic mass is 79.9. The van der Waals surface area contributed by atoms with E-state index in [4.69, 9.17) is 16.3 Å². The number of halogens is 2. The third-order valence-electron chi connectivity index (χ3n) is 3.65. The summed E-state index contributed by atoms with van der Waals surface area (Å²) in [6.45, 7) is 2.12. The van der Waals surface area contributed by atoms with Gasteiger partial charge < -0.3 is 15.0 Å². The van der Waals surface area contributed by atoms with E-state index in [0.717, 1.165) is 28.1 Å². The Balaban J connectivity index is 1.88. The molecule has 2 heterocycles. The molecule has 22 heavy (non-hydrogen) atoms. The fourth-order valence-electron chi connectivity index (χ4n) is 2.58. The van der Waals surface area contributed by atoms with Gasteiger partial charge in [-0.1, -0.05) is 45.7 Å². The molecule has 116 valence electrons. The number of hydrogen-bond donors (Lipinski definition) is 1. The van der Waals surface area contributed by atoms with Gasteiger partial charge in [-0.15, -0.1) is 0 Å². The van der Waals surface area contributed by atoms with Crippen molar-refractivity contribution >= 4 is 39.0 Å². The SMILES string of the molecule is CNc1c(Cl)ncnc1N1CCOC(c2ccccc2Br)C1. The molecule has 1 unspecified atom stereocenters. The highest BCUT2D eigenvalue weighted by Gasteiger charge is 2.26. The first-order valence-electron chi connectivity index (χ1n) is 7.00. The maximum atomic E-state index is 6.15. The third-order valence-corrected chi connectivity index (χ3v) is 4.66. The number of benzene rings is 1. The first-order valence-corrected chi connectivity index (χ1v) is 8.17. The van der Waals surface area contributed by atoms with E-state index < -0.39 is 0 Å². The normalized spacial score (nSPS) is 18.3. The van der Waals surface area contributed by atoms with Crippen LogP contribution in [-0.2, 0) is 4.74 Å². The molecule has 1 atom stereocenters. The molecule has 2 aromatic rings. The summed E-state index contributed by atoms with van der Waals surface area (Å²) in [5.41, 5.74) is 1.88. The standard InChI is InChI=1S/C15H16BrClN4O/c1-18-13-14(17)19-9-20-15(13)21-6-7-22-12(8-21)10-4-2-3-5-11(10)16/h2-5,9,12,18H,6-8H2,1H3. The summed E-state index contributed by atoms with van der Waals surface area (Å²) in [6, 6.07) is 8.11. The molecule has 1 N–H and O–H groups in total. The fourth-order valence-corrected chi connectivity index (χ4v) is 3.34. The van der Waals surface area contributed by atoms with Gasteiger partial charge in [0.25, 0.3) is 0 Å². The molecule has 0 bridgehead atoms. The van der Waals surface area contributed by atoms with E-state index in [1.165, 1.54) is 6.33 Å². The molecule has 1 aliphatic heterocycles. The largest absolute Gasteiger partial charge is 0.383 e. The van der Waals surface area contributed by atoms with Gasteiger partial charge in [-0.2, -0.15) is 0 Å². The molecule has 1 saturated heterocycles. The van der Waals surface area contributed by atoms with Crippen molar-refractivity contribution in [2.75, 3.05) is 37.0 Å². The van der Waals surface area contributed by atoms with Crippen LogP contribution in [-0.4, -0.2) is 36.7 Å². The smallest absolute Gasteiger partial charge is 0.157 e. The quantitative estimate of drug-likeness (QED) is 0.822. The molecule has 0 radical (unpaired) electrons. The van der Waals surface area contributed by atoms with Gasteiger partial charge in [0.05, 0.1) is 6.61 Å². The van der Waals surface area contributed by atoms with Crippen molar-refractivity contribution in [1.82, 2.24) is 9.97 Å². The predicted molar refractivity (Wildman–Crippen MR) is 91.6 cm³/mol. The van der Waals surface area contributed by atoms with Gasteiger partial charge in [0.2, 0.25) is 0 Å². The summed E-state index contributed by atoms with van der Waals surface area (Å²) >= 11 is 9.74. The van der Waals surface area contributed by atoms with Gasteiger partial charge >= 0.3 is 0 Å². The second-order valence-electron chi connectivity index (χ2n) is 4.94. The fraction of sp³-hybridized carbons (Fsp3) is 0.333. The van der Waals surface area contributed by atoms with Crippen molar-refractivity contribution in [3.05, 3.63) is 45.8 Å². The Bertz CT molecular complexity index is 670. The Labute approximate surface area is 142 Å². The Morgan fingerprint density at radius 3 is 2.95 bits per heavy atom. The highest BCUT2D eigenvalue weighted by molar-refractivity contribution is 9.10. The van der Waals surface area contributed by atoms with Crippen LogP contribution in [0.3, 0.4) is 0 Å². The van der Waals surface area contributed by atoms with Crippen LogP contribution >= 0.6 is 27.5 Å². The first-order chi connectivity index (χ1) is 10.7. The molecule has 0 aliphatic carbocycles. The van der Waals surface area contributed by atoms with Gasteiger partial charge in [-0.05, 0) is 11.6 Å². The summed E-state index contributed by atoms with van der Waals surface area (Å²) in [5, 5.41) is 3.51. The number of nitrogens with one attached hydrogen (secondary N) is 1. The number of morpholine rings is 1. The lowest BCUT2D eigenvalue weighted by molar-refractivity contribution is 0.0391. The predicted octanol–water partition coefficient (Wildman–Crippen LogP) is 3.51. The molecular weight excluding hydrogens is 368 g/mol. The molecule has 1 fully saturated rings. The lowest BCUT2D eigenvalue weighted by Crippen LogP contribution is -2.39. The average Bonchev–Trinajstić information content (AvgIpc) is 2.55. The Kier molecular flexibility index (Phi) is 4.81. The van der Waals surface area contributed by atoms with Crippen molar-refractivity contribution in [2.45, 2.75) is 6.10 Å². The topological polar surface area (TPSA) is 50.3 Å². The van der Waals surface area contributed by atoms with E-state index in [0.29, 0.717) is 18.3 Å². The number of aromatic nitrogens is 2. The molecule has 3 rings (SSSR count). The van der Waals surface area contributed by atoms with Crippen molar-refractivity contribution < 1.29 is 4.74 Å². The summed E-state index contributed by atoms with van der Waals surface area (Å²) in [4.78, 5) is 10.6. The van der Waals surface area contributed by atoms with E-state index >= 15 is 0 Å². The first kappa shape index (κ1) is 15.5. The Morgan fingerprint density at radius 2 is 2.18 bits per heavy atom. The molecule has 1 aromatic heterocycles. The lowest BCUT2D eigenvalue weighted by atomic mass is 10.1. The lowest BCUT2D eigenvalue weighted by Gasteiger charge is -2.35. The number of nitrogens with zero attached hydrogens (tertiary/aromatic N) is 3. The molecule has 7 heteroatoms. The van der Waals surface area contributed by atoms with Gasteiger partial charge in [0.1, 0.15) is 18.1 Å². The van der Waals surface area contributed by atoms with Gasteiger partial charge in [-0.25, -0.2) is 9.97 Å². The zero-order valence-electron chi connectivity index (χ0n) is 12.1. The second-order valence-corrected chi connectivity index (χ2v) is 6.15. The van der Waals surface area contributed by atoms with Gasteiger partial charge in [-0.3, -0.25) is 0 Å². The zero-order chi connectivity index (χ0) is 15.5. The van der Waals surface area contributed by atoms with Crippen LogP contribution in [0.5, 0.6) is 0 Å². The van der Waals surface area contributed by atoms with Crippen LogP contribution in [0.15, 0.2) is 35.1 Å². The highest BCUT2D eigenvalue weighted by Crippen LogP contribution is 2.34. The summed E-state index contributed by atoms with van der Waals surface area (Å²) < 4.78 is 6.98. The molecule has 0 spiro atoms. The van der Waals surface area contributed by atoms with Crippen molar-refractivity contribution in [1.29, 1.82) is 0 Å². The minimum atomic E-state index is -0.0113. The van der Waals surface area contributed by atoms with E-state index in [1.807, 2.05) is 25.2 Å². The monoisotopic (exact) mass is 382 g/mol. The van der Waals surface area contributed by atoms with Crippen LogP contribution in [0.4, 0.5) is 11.5 Å². The van der Waals surface area contributed by atoms with E-state index in [-0.39, 0.29) is 6.10 Å². The van der Waals surface area contributed by atoms with Gasteiger partial charge in [0.15, 0.2) is 11.0 Å². The summed E-state index contributed by atoms with van der Waals surface area (Å²) in [6.07, 6.45) is 1.48. The van der Waals surface area contributed by atoms with Crippen LogP contribution in [0, 0.1) is 0 Å². The molecule has 5 nitrogen and oxygen atoms in total. The number of anilines is 2. The Morgan fingerprint density at radius 1 is 1.36 bits per heavy atom. The molecule has 1 aliphatic rings. The van der Waals surface area contributed by atoms with Crippen LogP contribution < -0.4 is 10.2 Å².